The Bertz CT molecular complexity index is 369. The van der Waals surface area contributed by atoms with E-state index in [1.54, 1.807) is 6.20 Å². The molecular formula is C10H11N3. The second-order valence-electron chi connectivity index (χ2n) is 3.04. The molecule has 0 saturated heterocycles. The van der Waals surface area contributed by atoms with E-state index < -0.39 is 0 Å². The van der Waals surface area contributed by atoms with Crippen molar-refractivity contribution < 1.29 is 0 Å². The minimum Gasteiger partial charge on any atom is -0.197 e. The van der Waals surface area contributed by atoms with Crippen molar-refractivity contribution in [3.05, 3.63) is 41.8 Å². The quantitative estimate of drug-likeness (QED) is 0.706. The Hall–Kier alpha value is -1.64. The number of allylic oxidation sites excluding steroid dienone is 6. The summed E-state index contributed by atoms with van der Waals surface area (Å²) >= 11 is 0. The third kappa shape index (κ3) is 1.75. The van der Waals surface area contributed by atoms with E-state index in [1.807, 2.05) is 0 Å². The van der Waals surface area contributed by atoms with Gasteiger partial charge in [0.2, 0.25) is 0 Å². The minimum absolute atomic E-state index is 0.894. The third-order valence-electron chi connectivity index (χ3n) is 1.97. The molecule has 0 saturated carbocycles. The Morgan fingerprint density at radius 2 is 2.38 bits per heavy atom. The van der Waals surface area contributed by atoms with Crippen molar-refractivity contribution in [2.24, 2.45) is 0 Å². The summed E-state index contributed by atoms with van der Waals surface area (Å²) in [5.41, 5.74) is 3.27. The first-order chi connectivity index (χ1) is 6.36. The molecule has 0 fully saturated rings. The van der Waals surface area contributed by atoms with Crippen molar-refractivity contribution >= 4 is 5.57 Å². The Labute approximate surface area is 76.9 Å². The highest BCUT2D eigenvalue weighted by Crippen LogP contribution is 2.18. The molecule has 3 heteroatoms. The molecule has 1 aromatic rings. The van der Waals surface area contributed by atoms with Crippen LogP contribution in [0.5, 0.6) is 0 Å². The van der Waals surface area contributed by atoms with E-state index in [0.29, 0.717) is 0 Å². The fourth-order valence-electron chi connectivity index (χ4n) is 1.30. The van der Waals surface area contributed by atoms with Crippen LogP contribution in [0, 0.1) is 0 Å². The van der Waals surface area contributed by atoms with Crippen molar-refractivity contribution in [3.8, 4) is 0 Å². The molecule has 0 aromatic carbocycles. The van der Waals surface area contributed by atoms with Crippen LogP contribution in [-0.2, 0) is 0 Å². The lowest BCUT2D eigenvalue weighted by Gasteiger charge is -1.94. The summed E-state index contributed by atoms with van der Waals surface area (Å²) in [7, 11) is 0. The molecule has 0 atom stereocenters. The second-order valence-corrected chi connectivity index (χ2v) is 3.04. The molecule has 0 aliphatic heterocycles. The Kier molecular flexibility index (Phi) is 2.08. The van der Waals surface area contributed by atoms with E-state index in [2.05, 4.69) is 46.6 Å². The number of hydrogen-bond acceptors (Lipinski definition) is 2. The highest BCUT2D eigenvalue weighted by molar-refractivity contribution is 5.73. The highest BCUT2D eigenvalue weighted by Gasteiger charge is 2.02. The van der Waals surface area contributed by atoms with Gasteiger partial charge in [-0.25, -0.2) is 0 Å². The third-order valence-corrected chi connectivity index (χ3v) is 1.97. The number of aromatic amines is 1. The van der Waals surface area contributed by atoms with E-state index in [-0.39, 0.29) is 0 Å². The number of nitrogens with zero attached hydrogens (tertiary/aromatic N) is 2. The van der Waals surface area contributed by atoms with Gasteiger partial charge in [-0.05, 0) is 13.3 Å². The standard InChI is InChI=1S/C10H11N3/c1-8-4-2-3-5-9(6-8)10-7-11-13-12-10/h3-7H,2H2,1H3,(H,11,12,13). The van der Waals surface area contributed by atoms with Gasteiger partial charge in [-0.1, -0.05) is 29.9 Å². The fraction of sp³-hybridized carbons (Fsp3) is 0.200. The molecule has 1 aromatic heterocycles. The monoisotopic (exact) mass is 173 g/mol. The Morgan fingerprint density at radius 3 is 3.15 bits per heavy atom. The van der Waals surface area contributed by atoms with Crippen LogP contribution in [0.4, 0.5) is 0 Å². The average Bonchev–Trinajstić information content (AvgIpc) is 2.56. The van der Waals surface area contributed by atoms with Crippen LogP contribution >= 0.6 is 0 Å². The molecule has 13 heavy (non-hydrogen) atoms. The zero-order chi connectivity index (χ0) is 9.10. The van der Waals surface area contributed by atoms with E-state index >= 15 is 0 Å². The molecule has 1 aliphatic rings. The van der Waals surface area contributed by atoms with Gasteiger partial charge in [0, 0.05) is 5.57 Å². The van der Waals surface area contributed by atoms with Crippen molar-refractivity contribution in [3.63, 3.8) is 0 Å². The molecule has 0 radical (unpaired) electrons. The first-order valence-electron chi connectivity index (χ1n) is 4.27. The van der Waals surface area contributed by atoms with Gasteiger partial charge >= 0.3 is 0 Å². The van der Waals surface area contributed by atoms with Crippen LogP contribution in [0.25, 0.3) is 5.57 Å². The number of H-pyrrole nitrogens is 1. The smallest absolute Gasteiger partial charge is 0.112 e. The number of rotatable bonds is 1. The lowest BCUT2D eigenvalue weighted by atomic mass is 10.1. The van der Waals surface area contributed by atoms with Crippen molar-refractivity contribution in [2.75, 3.05) is 0 Å². The fourth-order valence-corrected chi connectivity index (χ4v) is 1.30. The van der Waals surface area contributed by atoms with Crippen molar-refractivity contribution in [2.45, 2.75) is 13.3 Å². The van der Waals surface area contributed by atoms with Gasteiger partial charge in [0.15, 0.2) is 0 Å². The Morgan fingerprint density at radius 1 is 1.46 bits per heavy atom. The van der Waals surface area contributed by atoms with E-state index in [4.69, 9.17) is 0 Å². The van der Waals surface area contributed by atoms with Gasteiger partial charge in [-0.2, -0.15) is 15.4 Å². The topological polar surface area (TPSA) is 41.6 Å². The van der Waals surface area contributed by atoms with Crippen LogP contribution in [0.15, 0.2) is 36.1 Å². The molecule has 0 unspecified atom stereocenters. The molecule has 66 valence electrons. The first kappa shape index (κ1) is 7.98. The summed E-state index contributed by atoms with van der Waals surface area (Å²) in [6.45, 7) is 2.09. The summed E-state index contributed by atoms with van der Waals surface area (Å²) in [6, 6.07) is 0. The number of nitrogens with one attached hydrogen (secondary N) is 1. The van der Waals surface area contributed by atoms with Gasteiger partial charge in [0.1, 0.15) is 5.69 Å². The molecule has 1 N–H and O–H groups in total. The van der Waals surface area contributed by atoms with Gasteiger partial charge < -0.3 is 0 Å². The molecule has 2 rings (SSSR count). The van der Waals surface area contributed by atoms with Gasteiger partial charge in [0.05, 0.1) is 6.20 Å². The van der Waals surface area contributed by atoms with E-state index in [1.165, 1.54) is 5.57 Å². The van der Waals surface area contributed by atoms with Gasteiger partial charge in [0.25, 0.3) is 0 Å². The molecule has 0 spiro atoms. The predicted octanol–water partition coefficient (Wildman–Crippen LogP) is 2.09. The number of hydrogen-bond donors (Lipinski definition) is 1. The normalized spacial score (nSPS) is 16.4. The highest BCUT2D eigenvalue weighted by atomic mass is 15.3. The largest absolute Gasteiger partial charge is 0.197 e. The summed E-state index contributed by atoms with van der Waals surface area (Å²) in [5, 5.41) is 10.4. The average molecular weight is 173 g/mol. The van der Waals surface area contributed by atoms with Crippen LogP contribution in [0.2, 0.25) is 0 Å². The molecule has 0 amide bonds. The molecule has 0 bridgehead atoms. The summed E-state index contributed by atoms with van der Waals surface area (Å²) in [6.07, 6.45) is 11.2. The van der Waals surface area contributed by atoms with E-state index in [0.717, 1.165) is 17.7 Å². The van der Waals surface area contributed by atoms with Crippen LogP contribution < -0.4 is 0 Å². The van der Waals surface area contributed by atoms with Crippen molar-refractivity contribution in [1.82, 2.24) is 15.4 Å². The molecule has 3 nitrogen and oxygen atoms in total. The summed E-state index contributed by atoms with van der Waals surface area (Å²) < 4.78 is 0. The predicted molar refractivity (Wildman–Crippen MR) is 51.9 cm³/mol. The maximum atomic E-state index is 4.03. The summed E-state index contributed by atoms with van der Waals surface area (Å²) in [5.74, 6) is 0. The van der Waals surface area contributed by atoms with Crippen LogP contribution in [-0.4, -0.2) is 15.4 Å². The van der Waals surface area contributed by atoms with Gasteiger partial charge in [-0.15, -0.1) is 0 Å². The molecule has 1 aliphatic carbocycles. The zero-order valence-electron chi connectivity index (χ0n) is 7.49. The zero-order valence-corrected chi connectivity index (χ0v) is 7.49. The number of aromatic nitrogens is 3. The first-order valence-corrected chi connectivity index (χ1v) is 4.27. The van der Waals surface area contributed by atoms with Crippen LogP contribution in [0.1, 0.15) is 19.0 Å². The Balaban J connectivity index is 2.38. The van der Waals surface area contributed by atoms with Crippen molar-refractivity contribution in [1.29, 1.82) is 0 Å². The summed E-state index contributed by atoms with van der Waals surface area (Å²) in [4.78, 5) is 0. The maximum Gasteiger partial charge on any atom is 0.112 e. The molecule has 1 heterocycles. The van der Waals surface area contributed by atoms with Gasteiger partial charge in [-0.3, -0.25) is 0 Å². The SMILES string of the molecule is CC1=CCC=CC(c2cn[nH]n2)=C1. The lowest BCUT2D eigenvalue weighted by Crippen LogP contribution is -1.81. The lowest BCUT2D eigenvalue weighted by molar-refractivity contribution is 0.936. The van der Waals surface area contributed by atoms with E-state index in [9.17, 15) is 0 Å². The second kappa shape index (κ2) is 3.39. The minimum atomic E-state index is 0.894. The maximum absolute atomic E-state index is 4.03. The molecular weight excluding hydrogens is 162 g/mol. The van der Waals surface area contributed by atoms with Crippen LogP contribution in [0.3, 0.4) is 0 Å².